The Morgan fingerprint density at radius 1 is 1.30 bits per heavy atom. The first-order valence-electron chi connectivity index (χ1n) is 7.47. The van der Waals surface area contributed by atoms with Crippen LogP contribution in [0.5, 0.6) is 0 Å². The quantitative estimate of drug-likeness (QED) is 0.861. The molecule has 0 amide bonds. The number of nitrogens with zero attached hydrogens (tertiary/aromatic N) is 2. The number of aromatic nitrogens is 1. The van der Waals surface area contributed by atoms with Gasteiger partial charge >= 0.3 is 0 Å². The number of hydrogen-bond acceptors (Lipinski definition) is 4. The topological polar surface area (TPSA) is 28.2 Å². The molecule has 2 aliphatic rings. The number of pyridine rings is 1. The average molecular weight is 312 g/mol. The lowest BCUT2D eigenvalue weighted by Crippen LogP contribution is -2.54. The lowest BCUT2D eigenvalue weighted by molar-refractivity contribution is 0.116. The predicted molar refractivity (Wildman–Crippen MR) is 87.8 cm³/mol. The van der Waals surface area contributed by atoms with Gasteiger partial charge in [-0.25, -0.2) is 4.98 Å². The van der Waals surface area contributed by atoms with E-state index in [2.05, 4.69) is 27.0 Å². The number of rotatable bonds is 4. The lowest BCUT2D eigenvalue weighted by atomic mass is 9.94. The number of hydrogen-bond donors (Lipinski definition) is 1. The molecule has 20 heavy (non-hydrogen) atoms. The third-order valence-corrected chi connectivity index (χ3v) is 5.71. The van der Waals surface area contributed by atoms with Crippen LogP contribution < -0.4 is 5.32 Å². The Bertz CT molecular complexity index is 442. The molecule has 2 heterocycles. The first kappa shape index (κ1) is 14.5. The van der Waals surface area contributed by atoms with E-state index in [1.54, 1.807) is 6.20 Å². The molecule has 1 saturated carbocycles. The Balaban J connectivity index is 1.67. The van der Waals surface area contributed by atoms with Crippen molar-refractivity contribution in [2.45, 2.75) is 31.2 Å². The summed E-state index contributed by atoms with van der Waals surface area (Å²) < 4.78 is 0. The Morgan fingerprint density at radius 3 is 2.75 bits per heavy atom. The third kappa shape index (κ3) is 3.23. The summed E-state index contributed by atoms with van der Waals surface area (Å²) in [6.07, 6.45) is 7.14. The van der Waals surface area contributed by atoms with Gasteiger partial charge in [-0.05, 0) is 25.0 Å². The van der Waals surface area contributed by atoms with Crippen molar-refractivity contribution in [2.75, 3.05) is 36.5 Å². The van der Waals surface area contributed by atoms with Gasteiger partial charge in [0.25, 0.3) is 0 Å². The molecule has 0 unspecified atom stereocenters. The molecule has 3 rings (SSSR count). The van der Waals surface area contributed by atoms with Crippen molar-refractivity contribution in [1.82, 2.24) is 9.88 Å². The van der Waals surface area contributed by atoms with Gasteiger partial charge in [-0.1, -0.05) is 24.4 Å². The molecule has 0 spiro atoms. The van der Waals surface area contributed by atoms with Crippen LogP contribution in [0.2, 0.25) is 5.15 Å². The van der Waals surface area contributed by atoms with E-state index in [0.717, 1.165) is 12.2 Å². The minimum absolute atomic E-state index is 0.358. The second-order valence-electron chi connectivity index (χ2n) is 5.75. The van der Waals surface area contributed by atoms with Gasteiger partial charge in [-0.3, -0.25) is 4.90 Å². The van der Waals surface area contributed by atoms with Crippen LogP contribution in [-0.2, 0) is 0 Å². The summed E-state index contributed by atoms with van der Waals surface area (Å²) >= 11 is 8.04. The SMILES string of the molecule is Clc1cc(NCC2(N3CCSCC3)CCCC2)ccn1. The van der Waals surface area contributed by atoms with Crippen LogP contribution in [0.4, 0.5) is 5.69 Å². The number of nitrogens with one attached hydrogen (secondary N) is 1. The molecular formula is C15H22ClN3S. The molecule has 1 saturated heterocycles. The van der Waals surface area contributed by atoms with Crippen molar-refractivity contribution in [2.24, 2.45) is 0 Å². The zero-order valence-corrected chi connectivity index (χ0v) is 13.3. The first-order chi connectivity index (χ1) is 9.78. The lowest BCUT2D eigenvalue weighted by Gasteiger charge is -2.43. The Labute approximate surface area is 130 Å². The fourth-order valence-corrected chi connectivity index (χ4v) is 4.53. The smallest absolute Gasteiger partial charge is 0.131 e. The van der Waals surface area contributed by atoms with E-state index in [-0.39, 0.29) is 0 Å². The highest BCUT2D eigenvalue weighted by molar-refractivity contribution is 7.99. The van der Waals surface area contributed by atoms with E-state index in [4.69, 9.17) is 11.6 Å². The van der Waals surface area contributed by atoms with Gasteiger partial charge in [0, 0.05) is 48.6 Å². The Morgan fingerprint density at radius 2 is 2.05 bits per heavy atom. The summed E-state index contributed by atoms with van der Waals surface area (Å²) in [5.41, 5.74) is 1.44. The number of anilines is 1. The van der Waals surface area contributed by atoms with Crippen LogP contribution in [0, 0.1) is 0 Å². The molecule has 0 aromatic carbocycles. The van der Waals surface area contributed by atoms with Gasteiger partial charge in [0.1, 0.15) is 5.15 Å². The maximum absolute atomic E-state index is 5.96. The minimum Gasteiger partial charge on any atom is -0.383 e. The third-order valence-electron chi connectivity index (χ3n) is 4.56. The molecule has 5 heteroatoms. The largest absolute Gasteiger partial charge is 0.383 e. The molecule has 3 nitrogen and oxygen atoms in total. The van der Waals surface area contributed by atoms with Gasteiger partial charge in [0.05, 0.1) is 0 Å². The van der Waals surface area contributed by atoms with E-state index in [0.29, 0.717) is 10.7 Å². The Hall–Kier alpha value is -0.450. The molecule has 1 aromatic rings. The fraction of sp³-hybridized carbons (Fsp3) is 0.667. The van der Waals surface area contributed by atoms with E-state index < -0.39 is 0 Å². The Kier molecular flexibility index (Phi) is 4.74. The highest BCUT2D eigenvalue weighted by Gasteiger charge is 2.39. The summed E-state index contributed by atoms with van der Waals surface area (Å²) in [5, 5.41) is 4.15. The molecule has 1 N–H and O–H groups in total. The van der Waals surface area contributed by atoms with Gasteiger partial charge < -0.3 is 5.32 Å². The van der Waals surface area contributed by atoms with E-state index in [9.17, 15) is 0 Å². The standard InChI is InChI=1S/C15H22ClN3S/c16-14-11-13(3-6-17-14)18-12-15(4-1-2-5-15)19-7-9-20-10-8-19/h3,6,11H,1-2,4-5,7-10,12H2,(H,17,18). The van der Waals surface area contributed by atoms with Gasteiger partial charge in [0.2, 0.25) is 0 Å². The van der Waals surface area contributed by atoms with Crippen molar-refractivity contribution in [3.8, 4) is 0 Å². The average Bonchev–Trinajstić information content (AvgIpc) is 2.96. The fourth-order valence-electron chi connectivity index (χ4n) is 3.45. The van der Waals surface area contributed by atoms with Crippen LogP contribution >= 0.6 is 23.4 Å². The second-order valence-corrected chi connectivity index (χ2v) is 7.36. The molecule has 0 atom stereocenters. The molecule has 110 valence electrons. The zero-order valence-electron chi connectivity index (χ0n) is 11.8. The molecule has 1 aliphatic carbocycles. The summed E-state index contributed by atoms with van der Waals surface area (Å²) in [6.45, 7) is 3.50. The second kappa shape index (κ2) is 6.54. The maximum atomic E-state index is 5.96. The maximum Gasteiger partial charge on any atom is 0.131 e. The van der Waals surface area contributed by atoms with Gasteiger partial charge in [-0.2, -0.15) is 11.8 Å². The van der Waals surface area contributed by atoms with Crippen LogP contribution in [0.15, 0.2) is 18.3 Å². The number of halogens is 1. The van der Waals surface area contributed by atoms with Crippen molar-refractivity contribution in [3.63, 3.8) is 0 Å². The summed E-state index contributed by atoms with van der Waals surface area (Å²) in [4.78, 5) is 6.77. The normalized spacial score (nSPS) is 22.9. The molecule has 2 fully saturated rings. The van der Waals surface area contributed by atoms with Crippen LogP contribution in [-0.4, -0.2) is 46.6 Å². The number of thioether (sulfide) groups is 1. The summed E-state index contributed by atoms with van der Waals surface area (Å²) in [7, 11) is 0. The highest BCUT2D eigenvalue weighted by Crippen LogP contribution is 2.37. The predicted octanol–water partition coefficient (Wildman–Crippen LogP) is 3.51. The molecular weight excluding hydrogens is 290 g/mol. The van der Waals surface area contributed by atoms with Gasteiger partial charge in [0.15, 0.2) is 0 Å². The summed E-state index contributed by atoms with van der Waals surface area (Å²) in [5.74, 6) is 2.56. The van der Waals surface area contributed by atoms with E-state index in [1.807, 2.05) is 12.1 Å². The van der Waals surface area contributed by atoms with E-state index in [1.165, 1.54) is 50.3 Å². The first-order valence-corrected chi connectivity index (χ1v) is 9.00. The molecule has 1 aromatic heterocycles. The van der Waals surface area contributed by atoms with Crippen molar-refractivity contribution >= 4 is 29.1 Å². The minimum atomic E-state index is 0.358. The van der Waals surface area contributed by atoms with Crippen LogP contribution in [0.1, 0.15) is 25.7 Å². The van der Waals surface area contributed by atoms with Crippen LogP contribution in [0.3, 0.4) is 0 Å². The molecule has 1 aliphatic heterocycles. The van der Waals surface area contributed by atoms with Gasteiger partial charge in [-0.15, -0.1) is 0 Å². The molecule has 0 bridgehead atoms. The molecule has 0 radical (unpaired) electrons. The van der Waals surface area contributed by atoms with Crippen LogP contribution in [0.25, 0.3) is 0 Å². The van der Waals surface area contributed by atoms with Crippen molar-refractivity contribution in [3.05, 3.63) is 23.5 Å². The summed E-state index contributed by atoms with van der Waals surface area (Å²) in [6, 6.07) is 3.91. The zero-order chi connectivity index (χ0) is 13.8. The monoisotopic (exact) mass is 311 g/mol. The highest BCUT2D eigenvalue weighted by atomic mass is 35.5. The van der Waals surface area contributed by atoms with Crippen molar-refractivity contribution < 1.29 is 0 Å². The van der Waals surface area contributed by atoms with E-state index >= 15 is 0 Å². The van der Waals surface area contributed by atoms with Crippen molar-refractivity contribution in [1.29, 1.82) is 0 Å².